The van der Waals surface area contributed by atoms with Crippen LogP contribution in [0.15, 0.2) is 42.7 Å². The summed E-state index contributed by atoms with van der Waals surface area (Å²) in [5, 5.41) is 2.89. The largest absolute Gasteiger partial charge is 0.350 e. The molecular weight excluding hydrogens is 252 g/mol. The van der Waals surface area contributed by atoms with Crippen LogP contribution in [0.2, 0.25) is 0 Å². The SMILES string of the molecule is O=C1NCCn2c(-c3ccccc3)nc3cncc1c32. The van der Waals surface area contributed by atoms with Crippen LogP contribution in [0.4, 0.5) is 0 Å². The molecule has 1 aromatic carbocycles. The fraction of sp³-hybridized carbons (Fsp3) is 0.133. The van der Waals surface area contributed by atoms with E-state index >= 15 is 0 Å². The molecule has 1 N–H and O–H groups in total. The molecule has 2 aromatic heterocycles. The smallest absolute Gasteiger partial charge is 0.255 e. The van der Waals surface area contributed by atoms with E-state index in [1.54, 1.807) is 12.4 Å². The predicted molar refractivity (Wildman–Crippen MR) is 75.3 cm³/mol. The summed E-state index contributed by atoms with van der Waals surface area (Å²) < 4.78 is 2.10. The van der Waals surface area contributed by atoms with Gasteiger partial charge >= 0.3 is 0 Å². The number of aromatic nitrogens is 3. The van der Waals surface area contributed by atoms with Gasteiger partial charge in [-0.1, -0.05) is 30.3 Å². The van der Waals surface area contributed by atoms with Gasteiger partial charge in [-0.3, -0.25) is 9.78 Å². The Labute approximate surface area is 115 Å². The van der Waals surface area contributed by atoms with E-state index in [2.05, 4.69) is 19.9 Å². The van der Waals surface area contributed by atoms with E-state index in [4.69, 9.17) is 0 Å². The zero-order valence-corrected chi connectivity index (χ0v) is 10.7. The Balaban J connectivity index is 2.07. The van der Waals surface area contributed by atoms with Gasteiger partial charge in [0, 0.05) is 24.8 Å². The lowest BCUT2D eigenvalue weighted by Crippen LogP contribution is -2.24. The maximum Gasteiger partial charge on any atom is 0.255 e. The van der Waals surface area contributed by atoms with E-state index in [1.165, 1.54) is 0 Å². The summed E-state index contributed by atoms with van der Waals surface area (Å²) in [6.45, 7) is 1.31. The van der Waals surface area contributed by atoms with Crippen LogP contribution in [0.3, 0.4) is 0 Å². The maximum absolute atomic E-state index is 12.0. The number of nitrogens with one attached hydrogen (secondary N) is 1. The number of nitrogens with zero attached hydrogens (tertiary/aromatic N) is 3. The molecule has 4 rings (SSSR count). The molecule has 1 amide bonds. The molecule has 3 aromatic rings. The molecule has 1 aliphatic rings. The normalized spacial score (nSPS) is 14.1. The monoisotopic (exact) mass is 264 g/mol. The Kier molecular flexibility index (Phi) is 2.32. The molecule has 0 aliphatic carbocycles. The van der Waals surface area contributed by atoms with Crippen molar-refractivity contribution in [1.82, 2.24) is 19.9 Å². The molecule has 0 radical (unpaired) electrons. The van der Waals surface area contributed by atoms with Gasteiger partial charge < -0.3 is 9.88 Å². The lowest BCUT2D eigenvalue weighted by atomic mass is 10.2. The van der Waals surface area contributed by atoms with Gasteiger partial charge in [-0.15, -0.1) is 0 Å². The predicted octanol–water partition coefficient (Wildman–Crippen LogP) is 1.84. The number of carbonyl (C=O) groups is 1. The molecule has 0 atom stereocenters. The van der Waals surface area contributed by atoms with Gasteiger partial charge in [0.2, 0.25) is 0 Å². The van der Waals surface area contributed by atoms with Crippen LogP contribution in [0.1, 0.15) is 10.4 Å². The number of benzene rings is 1. The van der Waals surface area contributed by atoms with Gasteiger partial charge in [-0.2, -0.15) is 0 Å². The molecule has 1 aliphatic heterocycles. The number of carbonyl (C=O) groups excluding carboxylic acids is 1. The van der Waals surface area contributed by atoms with Crippen LogP contribution in [0.5, 0.6) is 0 Å². The van der Waals surface area contributed by atoms with E-state index in [0.29, 0.717) is 18.7 Å². The van der Waals surface area contributed by atoms with Crippen molar-refractivity contribution in [2.24, 2.45) is 0 Å². The van der Waals surface area contributed by atoms with Gasteiger partial charge in [0.25, 0.3) is 5.91 Å². The minimum Gasteiger partial charge on any atom is -0.350 e. The fourth-order valence-electron chi connectivity index (χ4n) is 2.66. The number of hydrogen-bond donors (Lipinski definition) is 1. The van der Waals surface area contributed by atoms with E-state index in [0.717, 1.165) is 22.4 Å². The maximum atomic E-state index is 12.0. The minimum atomic E-state index is -0.0821. The second kappa shape index (κ2) is 4.16. The quantitative estimate of drug-likeness (QED) is 0.729. The highest BCUT2D eigenvalue weighted by Crippen LogP contribution is 2.27. The average molecular weight is 264 g/mol. The Hall–Kier alpha value is -2.69. The highest BCUT2D eigenvalue weighted by molar-refractivity contribution is 6.05. The van der Waals surface area contributed by atoms with Crippen molar-refractivity contribution in [2.45, 2.75) is 6.54 Å². The highest BCUT2D eigenvalue weighted by Gasteiger charge is 2.21. The third-order valence-electron chi connectivity index (χ3n) is 3.55. The molecule has 0 spiro atoms. The molecule has 5 nitrogen and oxygen atoms in total. The first-order valence-corrected chi connectivity index (χ1v) is 6.52. The van der Waals surface area contributed by atoms with E-state index in [1.807, 2.05) is 30.3 Å². The summed E-state index contributed by atoms with van der Waals surface area (Å²) in [6, 6.07) is 10.0. The molecule has 98 valence electrons. The standard InChI is InChI=1S/C15H12N4O/c20-15-11-8-16-9-12-13(11)19(7-6-17-15)14(18-12)10-4-2-1-3-5-10/h1-5,8-9H,6-7H2,(H,17,20). The van der Waals surface area contributed by atoms with Gasteiger partial charge in [-0.25, -0.2) is 4.98 Å². The summed E-state index contributed by atoms with van der Waals surface area (Å²) in [4.78, 5) is 20.8. The number of hydrogen-bond acceptors (Lipinski definition) is 3. The minimum absolute atomic E-state index is 0.0821. The molecule has 0 saturated heterocycles. The fourth-order valence-corrected chi connectivity index (χ4v) is 2.66. The molecule has 0 fully saturated rings. The van der Waals surface area contributed by atoms with Crippen molar-refractivity contribution in [3.05, 3.63) is 48.3 Å². The second-order valence-corrected chi connectivity index (χ2v) is 4.76. The first-order valence-electron chi connectivity index (χ1n) is 6.52. The Bertz CT molecular complexity index is 807. The molecule has 20 heavy (non-hydrogen) atoms. The molecular formula is C15H12N4O. The van der Waals surface area contributed by atoms with Crippen molar-refractivity contribution in [3.63, 3.8) is 0 Å². The molecule has 3 heterocycles. The third-order valence-corrected chi connectivity index (χ3v) is 3.55. The van der Waals surface area contributed by atoms with Gasteiger partial charge in [0.05, 0.1) is 17.3 Å². The number of pyridine rings is 1. The Morgan fingerprint density at radius 2 is 2.00 bits per heavy atom. The van der Waals surface area contributed by atoms with Crippen molar-refractivity contribution >= 4 is 16.9 Å². The lowest BCUT2D eigenvalue weighted by molar-refractivity contribution is 0.0956. The summed E-state index contributed by atoms with van der Waals surface area (Å²) in [5.41, 5.74) is 3.27. The van der Waals surface area contributed by atoms with Crippen molar-refractivity contribution < 1.29 is 4.79 Å². The topological polar surface area (TPSA) is 59.8 Å². The molecule has 0 unspecified atom stereocenters. The van der Waals surface area contributed by atoms with Crippen LogP contribution < -0.4 is 5.32 Å². The van der Waals surface area contributed by atoms with Crippen molar-refractivity contribution in [1.29, 1.82) is 0 Å². The van der Waals surface area contributed by atoms with E-state index in [9.17, 15) is 4.79 Å². The van der Waals surface area contributed by atoms with Crippen LogP contribution in [0, 0.1) is 0 Å². The van der Waals surface area contributed by atoms with Gasteiger partial charge in [0.15, 0.2) is 0 Å². The van der Waals surface area contributed by atoms with Crippen LogP contribution in [0.25, 0.3) is 22.4 Å². The number of imidazole rings is 1. The van der Waals surface area contributed by atoms with Crippen LogP contribution in [-0.4, -0.2) is 27.0 Å². The van der Waals surface area contributed by atoms with E-state index < -0.39 is 0 Å². The van der Waals surface area contributed by atoms with Crippen molar-refractivity contribution in [3.8, 4) is 11.4 Å². The number of rotatable bonds is 1. The third kappa shape index (κ3) is 1.53. The van der Waals surface area contributed by atoms with Crippen molar-refractivity contribution in [2.75, 3.05) is 6.54 Å². The van der Waals surface area contributed by atoms with Crippen LogP contribution in [-0.2, 0) is 6.54 Å². The Morgan fingerprint density at radius 3 is 2.85 bits per heavy atom. The molecule has 0 bridgehead atoms. The zero-order chi connectivity index (χ0) is 13.5. The van der Waals surface area contributed by atoms with Gasteiger partial charge in [-0.05, 0) is 0 Å². The summed E-state index contributed by atoms with van der Waals surface area (Å²) in [5.74, 6) is 0.799. The lowest BCUT2D eigenvalue weighted by Gasteiger charge is -2.06. The molecule has 5 heteroatoms. The average Bonchev–Trinajstić information content (AvgIpc) is 2.78. The second-order valence-electron chi connectivity index (χ2n) is 4.76. The Morgan fingerprint density at radius 1 is 1.15 bits per heavy atom. The summed E-state index contributed by atoms with van der Waals surface area (Å²) in [7, 11) is 0. The first-order chi connectivity index (χ1) is 9.84. The zero-order valence-electron chi connectivity index (χ0n) is 10.7. The highest BCUT2D eigenvalue weighted by atomic mass is 16.1. The van der Waals surface area contributed by atoms with Gasteiger partial charge in [0.1, 0.15) is 11.3 Å². The summed E-state index contributed by atoms with van der Waals surface area (Å²) in [6.07, 6.45) is 3.32. The summed E-state index contributed by atoms with van der Waals surface area (Å²) >= 11 is 0. The first kappa shape index (κ1) is 11.2. The van der Waals surface area contributed by atoms with E-state index in [-0.39, 0.29) is 5.91 Å². The van der Waals surface area contributed by atoms with Crippen LogP contribution >= 0.6 is 0 Å². The number of amides is 1. The molecule has 0 saturated carbocycles.